The molecular weight excluding hydrogens is 518 g/mol. The van der Waals surface area contributed by atoms with E-state index < -0.39 is 4.92 Å². The van der Waals surface area contributed by atoms with E-state index in [9.17, 15) is 14.9 Å². The maximum atomic E-state index is 12.4. The van der Waals surface area contributed by atoms with E-state index in [1.54, 1.807) is 48.1 Å². The number of ether oxygens (including phenoxy) is 2. The van der Waals surface area contributed by atoms with Crippen molar-refractivity contribution in [3.05, 3.63) is 99.3 Å². The van der Waals surface area contributed by atoms with Gasteiger partial charge in [-0.25, -0.2) is 0 Å². The molecule has 10 nitrogen and oxygen atoms in total. The number of nitro benzene ring substituents is 1. The van der Waals surface area contributed by atoms with E-state index in [-0.39, 0.29) is 24.7 Å². The Morgan fingerprint density at radius 2 is 1.84 bits per heavy atom. The van der Waals surface area contributed by atoms with Crippen LogP contribution in [0.2, 0.25) is 5.02 Å². The van der Waals surface area contributed by atoms with Crippen LogP contribution < -0.4 is 14.8 Å². The van der Waals surface area contributed by atoms with Crippen LogP contribution in [0.25, 0.3) is 5.69 Å². The van der Waals surface area contributed by atoms with Gasteiger partial charge >= 0.3 is 0 Å². The van der Waals surface area contributed by atoms with Crippen molar-refractivity contribution >= 4 is 35.0 Å². The first-order valence-corrected chi connectivity index (χ1v) is 12.4. The summed E-state index contributed by atoms with van der Waals surface area (Å²) in [6, 6.07) is 20.4. The molecule has 0 atom stereocenters. The van der Waals surface area contributed by atoms with Gasteiger partial charge in [0.2, 0.25) is 0 Å². The summed E-state index contributed by atoms with van der Waals surface area (Å²) in [4.78, 5) is 23.0. The van der Waals surface area contributed by atoms with Gasteiger partial charge in [0.25, 0.3) is 11.6 Å². The molecule has 0 radical (unpaired) electrons. The van der Waals surface area contributed by atoms with Gasteiger partial charge in [0, 0.05) is 28.6 Å². The van der Waals surface area contributed by atoms with Gasteiger partial charge in [-0.3, -0.25) is 19.5 Å². The summed E-state index contributed by atoms with van der Waals surface area (Å²) in [6.45, 7) is -0.114. The number of aromatic nitrogens is 3. The molecule has 1 aromatic heterocycles. The first-order chi connectivity index (χ1) is 17.9. The lowest BCUT2D eigenvalue weighted by atomic mass is 10.2. The van der Waals surface area contributed by atoms with Gasteiger partial charge in [-0.2, -0.15) is 0 Å². The molecule has 37 heavy (non-hydrogen) atoms. The molecule has 4 aromatic rings. The average molecular weight is 540 g/mol. The lowest BCUT2D eigenvalue weighted by Crippen LogP contribution is -2.29. The number of amides is 1. The Morgan fingerprint density at radius 1 is 1.08 bits per heavy atom. The van der Waals surface area contributed by atoms with Gasteiger partial charge in [-0.15, -0.1) is 10.2 Å². The molecule has 0 spiro atoms. The molecule has 4 rings (SSSR count). The van der Waals surface area contributed by atoms with E-state index in [1.807, 2.05) is 24.3 Å². The Labute approximate surface area is 221 Å². The lowest BCUT2D eigenvalue weighted by Gasteiger charge is -2.12. The highest BCUT2D eigenvalue weighted by molar-refractivity contribution is 7.98. The molecule has 0 saturated carbocycles. The second-order valence-corrected chi connectivity index (χ2v) is 9.05. The van der Waals surface area contributed by atoms with Crippen molar-refractivity contribution in [3.8, 4) is 17.2 Å². The zero-order chi connectivity index (χ0) is 26.2. The first kappa shape index (κ1) is 26.0. The van der Waals surface area contributed by atoms with E-state index in [0.29, 0.717) is 33.2 Å². The summed E-state index contributed by atoms with van der Waals surface area (Å²) in [5, 5.41) is 23.6. The number of non-ortho nitro benzene ring substituents is 1. The van der Waals surface area contributed by atoms with E-state index >= 15 is 0 Å². The molecule has 12 heteroatoms. The predicted octanol–water partition coefficient (Wildman–Crippen LogP) is 4.83. The van der Waals surface area contributed by atoms with Gasteiger partial charge < -0.3 is 14.8 Å². The summed E-state index contributed by atoms with van der Waals surface area (Å²) in [5.74, 6) is 1.97. The van der Waals surface area contributed by atoms with E-state index in [1.165, 1.54) is 23.9 Å². The second kappa shape index (κ2) is 12.2. The molecular formula is C25H22ClN5O5S. The molecule has 1 heterocycles. The summed E-state index contributed by atoms with van der Waals surface area (Å²) in [7, 11) is 1.61. The van der Waals surface area contributed by atoms with Gasteiger partial charge in [0.1, 0.15) is 11.5 Å². The third kappa shape index (κ3) is 6.99. The van der Waals surface area contributed by atoms with Crippen LogP contribution in [0.5, 0.6) is 11.5 Å². The fourth-order valence-electron chi connectivity index (χ4n) is 3.31. The van der Waals surface area contributed by atoms with Crippen LogP contribution in [0.1, 0.15) is 11.4 Å². The van der Waals surface area contributed by atoms with Crippen LogP contribution in [0, 0.1) is 10.1 Å². The molecule has 0 bridgehead atoms. The van der Waals surface area contributed by atoms with Crippen LogP contribution in [0.15, 0.2) is 78.0 Å². The maximum absolute atomic E-state index is 12.4. The van der Waals surface area contributed by atoms with Gasteiger partial charge in [0.05, 0.1) is 18.6 Å². The number of carbonyl (C=O) groups excluding carboxylic acids is 1. The predicted molar refractivity (Wildman–Crippen MR) is 139 cm³/mol. The number of hydrogen-bond acceptors (Lipinski definition) is 8. The molecule has 3 aromatic carbocycles. The molecule has 0 aliphatic rings. The van der Waals surface area contributed by atoms with Crippen molar-refractivity contribution in [1.29, 1.82) is 0 Å². The first-order valence-electron chi connectivity index (χ1n) is 11.0. The third-order valence-corrected chi connectivity index (χ3v) is 6.40. The zero-order valence-corrected chi connectivity index (χ0v) is 21.2. The summed E-state index contributed by atoms with van der Waals surface area (Å²) < 4.78 is 12.5. The van der Waals surface area contributed by atoms with Crippen LogP contribution in [0.4, 0.5) is 5.69 Å². The number of halogens is 1. The topological polar surface area (TPSA) is 121 Å². The molecule has 0 aliphatic heterocycles. The Balaban J connectivity index is 1.49. The minimum Gasteiger partial charge on any atom is -0.497 e. The number of nitrogens with zero attached hydrogens (tertiary/aromatic N) is 4. The lowest BCUT2D eigenvalue weighted by molar-refractivity contribution is -0.384. The number of methoxy groups -OCH3 is 1. The monoisotopic (exact) mass is 539 g/mol. The highest BCUT2D eigenvalue weighted by Crippen LogP contribution is 2.27. The zero-order valence-electron chi connectivity index (χ0n) is 19.7. The van der Waals surface area contributed by atoms with Crippen LogP contribution in [0.3, 0.4) is 0 Å². The molecule has 0 saturated heterocycles. The number of carbonyl (C=O) groups is 1. The minimum absolute atomic E-state index is 0.0309. The number of rotatable bonds is 11. The highest BCUT2D eigenvalue weighted by Gasteiger charge is 2.17. The van der Waals surface area contributed by atoms with E-state index in [4.69, 9.17) is 21.1 Å². The summed E-state index contributed by atoms with van der Waals surface area (Å²) in [6.07, 6.45) is 0. The smallest absolute Gasteiger partial charge is 0.269 e. The number of nitro groups is 1. The number of benzene rings is 3. The second-order valence-electron chi connectivity index (χ2n) is 7.67. The van der Waals surface area contributed by atoms with Crippen LogP contribution >= 0.6 is 23.4 Å². The minimum atomic E-state index is -0.462. The van der Waals surface area contributed by atoms with Crippen molar-refractivity contribution < 1.29 is 19.2 Å². The van der Waals surface area contributed by atoms with E-state index in [0.717, 1.165) is 11.3 Å². The standard InChI is InChI=1S/C25H22ClN5O5S/c1-35-22-4-2-3-17(13-22)16-37-25-29-28-23(30(25)19-7-9-20(10-8-19)31(33)34)14-27-24(32)15-36-21-11-5-18(26)6-12-21/h2-13H,14-16H2,1H3,(H,27,32). The molecule has 1 N–H and O–H groups in total. The molecule has 0 unspecified atom stereocenters. The third-order valence-electron chi connectivity index (χ3n) is 5.15. The van der Waals surface area contributed by atoms with E-state index in [2.05, 4.69) is 15.5 Å². The fourth-order valence-corrected chi connectivity index (χ4v) is 4.35. The average Bonchev–Trinajstić information content (AvgIpc) is 3.33. The quantitative estimate of drug-likeness (QED) is 0.163. The Bertz CT molecular complexity index is 1380. The molecule has 0 aliphatic carbocycles. The van der Waals surface area contributed by atoms with Crippen molar-refractivity contribution in [2.24, 2.45) is 0 Å². The number of nitrogens with one attached hydrogen (secondary N) is 1. The Kier molecular flexibility index (Phi) is 8.60. The van der Waals surface area contributed by atoms with Crippen molar-refractivity contribution in [2.45, 2.75) is 17.5 Å². The molecule has 0 fully saturated rings. The largest absolute Gasteiger partial charge is 0.497 e. The van der Waals surface area contributed by atoms with Crippen molar-refractivity contribution in [1.82, 2.24) is 20.1 Å². The van der Waals surface area contributed by atoms with Gasteiger partial charge in [-0.1, -0.05) is 35.5 Å². The SMILES string of the molecule is COc1cccc(CSc2nnc(CNC(=O)COc3ccc(Cl)cc3)n2-c2ccc([N+](=O)[O-])cc2)c1. The normalized spacial score (nSPS) is 10.6. The Hall–Kier alpha value is -4.09. The van der Waals surface area contributed by atoms with Crippen molar-refractivity contribution in [3.63, 3.8) is 0 Å². The molecule has 190 valence electrons. The Morgan fingerprint density at radius 3 is 2.54 bits per heavy atom. The number of hydrogen-bond donors (Lipinski definition) is 1. The maximum Gasteiger partial charge on any atom is 0.269 e. The highest BCUT2D eigenvalue weighted by atomic mass is 35.5. The van der Waals surface area contributed by atoms with Crippen LogP contribution in [-0.2, 0) is 17.1 Å². The number of thioether (sulfide) groups is 1. The van der Waals surface area contributed by atoms with Gasteiger partial charge in [0.15, 0.2) is 17.6 Å². The van der Waals surface area contributed by atoms with Crippen LogP contribution in [-0.4, -0.2) is 39.3 Å². The van der Waals surface area contributed by atoms with Crippen molar-refractivity contribution in [2.75, 3.05) is 13.7 Å². The summed E-state index contributed by atoms with van der Waals surface area (Å²) >= 11 is 7.30. The van der Waals surface area contributed by atoms with Gasteiger partial charge in [-0.05, 0) is 54.1 Å². The fraction of sp³-hybridized carbons (Fsp3) is 0.160. The summed E-state index contributed by atoms with van der Waals surface area (Å²) in [5.41, 5.74) is 1.62. The molecule has 1 amide bonds.